The molecule has 5 heteroatoms. The van der Waals surface area contributed by atoms with E-state index >= 15 is 0 Å². The first-order valence-electron chi connectivity index (χ1n) is 6.80. The molecular weight excluding hydrogens is 276 g/mol. The predicted octanol–water partition coefficient (Wildman–Crippen LogP) is 2.81. The van der Waals surface area contributed by atoms with Gasteiger partial charge < -0.3 is 15.0 Å². The second kappa shape index (κ2) is 5.11. The summed E-state index contributed by atoms with van der Waals surface area (Å²) in [5.41, 5.74) is 1.38. The summed E-state index contributed by atoms with van der Waals surface area (Å²) in [5, 5.41) is 11.5. The molecule has 1 aliphatic carbocycles. The number of carbonyl (C=O) groups is 1. The number of likely N-dealkylation sites (N-methyl/N-ethyl adjacent to an activating group) is 1. The highest BCUT2D eigenvalue weighted by molar-refractivity contribution is 6.31. The van der Waals surface area contributed by atoms with Crippen molar-refractivity contribution in [1.82, 2.24) is 9.88 Å². The molecule has 1 heterocycles. The summed E-state index contributed by atoms with van der Waals surface area (Å²) in [6.07, 6.45) is 2.18. The number of aromatic amines is 1. The van der Waals surface area contributed by atoms with E-state index in [0.29, 0.717) is 10.7 Å². The van der Waals surface area contributed by atoms with Gasteiger partial charge in [0, 0.05) is 23.0 Å². The van der Waals surface area contributed by atoms with Crippen LogP contribution in [0.25, 0.3) is 10.9 Å². The van der Waals surface area contributed by atoms with Gasteiger partial charge in [-0.2, -0.15) is 0 Å². The van der Waals surface area contributed by atoms with Crippen molar-refractivity contribution >= 4 is 28.4 Å². The van der Waals surface area contributed by atoms with Crippen molar-refractivity contribution < 1.29 is 9.90 Å². The van der Waals surface area contributed by atoms with Crippen molar-refractivity contribution in [3.63, 3.8) is 0 Å². The number of fused-ring (bicyclic) bond motifs is 1. The van der Waals surface area contributed by atoms with Crippen molar-refractivity contribution in [2.75, 3.05) is 7.05 Å². The fourth-order valence-electron chi connectivity index (χ4n) is 2.93. The molecule has 0 radical (unpaired) electrons. The van der Waals surface area contributed by atoms with Gasteiger partial charge >= 0.3 is 0 Å². The summed E-state index contributed by atoms with van der Waals surface area (Å²) in [5.74, 6) is -0.0942. The van der Waals surface area contributed by atoms with E-state index in [9.17, 15) is 9.90 Å². The Morgan fingerprint density at radius 1 is 1.40 bits per heavy atom. The summed E-state index contributed by atoms with van der Waals surface area (Å²) >= 11 is 5.94. The van der Waals surface area contributed by atoms with Crippen LogP contribution in [0.1, 0.15) is 29.8 Å². The Balaban J connectivity index is 1.88. The molecule has 0 saturated heterocycles. The first-order chi connectivity index (χ1) is 9.56. The van der Waals surface area contributed by atoms with Gasteiger partial charge in [-0.05, 0) is 37.5 Å². The summed E-state index contributed by atoms with van der Waals surface area (Å²) in [6, 6.07) is 7.23. The van der Waals surface area contributed by atoms with E-state index in [2.05, 4.69) is 4.98 Å². The number of aliphatic hydroxyl groups is 1. The second-order valence-electron chi connectivity index (χ2n) is 5.40. The van der Waals surface area contributed by atoms with Crippen LogP contribution in [0.5, 0.6) is 0 Å². The SMILES string of the molecule is CN(C(=O)c1cc2ccc(Cl)cc2[nH]1)[C@@H]1CCC[C@H]1O. The highest BCUT2D eigenvalue weighted by atomic mass is 35.5. The quantitative estimate of drug-likeness (QED) is 0.894. The third-order valence-corrected chi connectivity index (χ3v) is 4.31. The van der Waals surface area contributed by atoms with Crippen LogP contribution in [0.4, 0.5) is 0 Å². The van der Waals surface area contributed by atoms with Crippen LogP contribution in [-0.4, -0.2) is 40.1 Å². The number of nitrogens with zero attached hydrogens (tertiary/aromatic N) is 1. The number of aromatic nitrogens is 1. The lowest BCUT2D eigenvalue weighted by Gasteiger charge is -2.26. The molecule has 2 aromatic rings. The molecule has 1 amide bonds. The number of nitrogens with one attached hydrogen (secondary N) is 1. The Kier molecular flexibility index (Phi) is 3.44. The van der Waals surface area contributed by atoms with Gasteiger partial charge in [0.15, 0.2) is 0 Å². The Bertz CT molecular complexity index is 652. The van der Waals surface area contributed by atoms with Gasteiger partial charge in [-0.3, -0.25) is 4.79 Å². The van der Waals surface area contributed by atoms with Gasteiger partial charge in [0.1, 0.15) is 5.69 Å². The smallest absolute Gasteiger partial charge is 0.270 e. The molecular formula is C15H17ClN2O2. The summed E-state index contributed by atoms with van der Waals surface area (Å²) in [7, 11) is 1.75. The maximum atomic E-state index is 12.5. The van der Waals surface area contributed by atoms with E-state index < -0.39 is 6.10 Å². The van der Waals surface area contributed by atoms with E-state index in [1.807, 2.05) is 12.1 Å². The number of hydrogen-bond acceptors (Lipinski definition) is 2. The minimum Gasteiger partial charge on any atom is -0.391 e. The zero-order valence-corrected chi connectivity index (χ0v) is 12.0. The van der Waals surface area contributed by atoms with Crippen LogP contribution in [-0.2, 0) is 0 Å². The normalized spacial score (nSPS) is 22.4. The molecule has 0 unspecified atom stereocenters. The Morgan fingerprint density at radius 3 is 2.90 bits per heavy atom. The number of halogens is 1. The van der Waals surface area contributed by atoms with Gasteiger partial charge in [-0.25, -0.2) is 0 Å². The maximum absolute atomic E-state index is 12.5. The molecule has 4 nitrogen and oxygen atoms in total. The van der Waals surface area contributed by atoms with Crippen LogP contribution in [0.2, 0.25) is 5.02 Å². The lowest BCUT2D eigenvalue weighted by molar-refractivity contribution is 0.0534. The molecule has 20 heavy (non-hydrogen) atoms. The summed E-state index contributed by atoms with van der Waals surface area (Å²) in [4.78, 5) is 17.2. The van der Waals surface area contributed by atoms with Crippen molar-refractivity contribution in [3.05, 3.63) is 35.0 Å². The molecule has 0 aliphatic heterocycles. The number of H-pyrrole nitrogens is 1. The second-order valence-corrected chi connectivity index (χ2v) is 5.83. The molecule has 3 rings (SSSR count). The van der Waals surface area contributed by atoms with Crippen LogP contribution < -0.4 is 0 Å². The van der Waals surface area contributed by atoms with Crippen molar-refractivity contribution in [3.8, 4) is 0 Å². The topological polar surface area (TPSA) is 56.3 Å². The van der Waals surface area contributed by atoms with Crippen LogP contribution in [0.3, 0.4) is 0 Å². The van der Waals surface area contributed by atoms with Crippen LogP contribution >= 0.6 is 11.6 Å². The van der Waals surface area contributed by atoms with Crippen molar-refractivity contribution in [2.24, 2.45) is 0 Å². The van der Waals surface area contributed by atoms with E-state index in [4.69, 9.17) is 11.6 Å². The van der Waals surface area contributed by atoms with E-state index in [1.54, 1.807) is 24.1 Å². The molecule has 1 saturated carbocycles. The van der Waals surface area contributed by atoms with E-state index in [-0.39, 0.29) is 11.9 Å². The third kappa shape index (κ3) is 2.30. The van der Waals surface area contributed by atoms with Crippen LogP contribution in [0, 0.1) is 0 Å². The zero-order valence-electron chi connectivity index (χ0n) is 11.3. The minimum absolute atomic E-state index is 0.0856. The minimum atomic E-state index is -0.414. The molecule has 2 atom stereocenters. The number of aliphatic hydroxyl groups excluding tert-OH is 1. The Morgan fingerprint density at radius 2 is 2.20 bits per heavy atom. The molecule has 1 aliphatic rings. The van der Waals surface area contributed by atoms with Gasteiger partial charge in [0.25, 0.3) is 5.91 Å². The summed E-state index contributed by atoms with van der Waals surface area (Å²) in [6.45, 7) is 0. The number of carbonyl (C=O) groups excluding carboxylic acids is 1. The van der Waals surface area contributed by atoms with E-state index in [0.717, 1.165) is 30.2 Å². The first kappa shape index (κ1) is 13.5. The number of benzene rings is 1. The lowest BCUT2D eigenvalue weighted by Crippen LogP contribution is -2.41. The van der Waals surface area contributed by atoms with Gasteiger partial charge in [-0.1, -0.05) is 17.7 Å². The highest BCUT2D eigenvalue weighted by Gasteiger charge is 2.32. The molecule has 1 aromatic carbocycles. The predicted molar refractivity (Wildman–Crippen MR) is 79.0 cm³/mol. The monoisotopic (exact) mass is 292 g/mol. The Labute approximate surface area is 122 Å². The third-order valence-electron chi connectivity index (χ3n) is 4.08. The molecule has 2 N–H and O–H groups in total. The lowest BCUT2D eigenvalue weighted by atomic mass is 10.2. The first-order valence-corrected chi connectivity index (χ1v) is 7.17. The molecule has 0 spiro atoms. The number of rotatable bonds is 2. The van der Waals surface area contributed by atoms with E-state index in [1.165, 1.54) is 0 Å². The average Bonchev–Trinajstić information content (AvgIpc) is 3.02. The Hall–Kier alpha value is -1.52. The zero-order chi connectivity index (χ0) is 14.3. The summed E-state index contributed by atoms with van der Waals surface area (Å²) < 4.78 is 0. The highest BCUT2D eigenvalue weighted by Crippen LogP contribution is 2.25. The molecule has 0 bridgehead atoms. The fraction of sp³-hybridized carbons (Fsp3) is 0.400. The van der Waals surface area contributed by atoms with Gasteiger partial charge in [0.05, 0.1) is 12.1 Å². The maximum Gasteiger partial charge on any atom is 0.270 e. The molecule has 1 fully saturated rings. The van der Waals surface area contributed by atoms with Crippen LogP contribution in [0.15, 0.2) is 24.3 Å². The fourth-order valence-corrected chi connectivity index (χ4v) is 3.10. The van der Waals surface area contributed by atoms with Crippen molar-refractivity contribution in [1.29, 1.82) is 0 Å². The molecule has 106 valence electrons. The number of amides is 1. The van der Waals surface area contributed by atoms with Crippen molar-refractivity contribution in [2.45, 2.75) is 31.4 Å². The van der Waals surface area contributed by atoms with Gasteiger partial charge in [-0.15, -0.1) is 0 Å². The largest absolute Gasteiger partial charge is 0.391 e. The average molecular weight is 293 g/mol. The standard InChI is InChI=1S/C15H17ClN2O2/c1-18(13-3-2-4-14(13)19)15(20)12-7-9-5-6-10(16)8-11(9)17-12/h5-8,13-14,17,19H,2-4H2,1H3/t13-,14-/m1/s1. The van der Waals surface area contributed by atoms with Gasteiger partial charge in [0.2, 0.25) is 0 Å². The molecule has 1 aromatic heterocycles. The number of hydrogen-bond donors (Lipinski definition) is 2.